The fraction of sp³-hybridized carbons (Fsp3) is 0.286. The molecule has 1 N–H and O–H groups in total. The number of ether oxygens (including phenoxy) is 1. The van der Waals surface area contributed by atoms with Crippen molar-refractivity contribution in [3.05, 3.63) is 72.1 Å². The van der Waals surface area contributed by atoms with Gasteiger partial charge in [0.25, 0.3) is 5.91 Å². The molecule has 1 aliphatic heterocycles. The Balaban J connectivity index is 1.51. The number of carbonyl (C=O) groups excluding carboxylic acids is 1. The summed E-state index contributed by atoms with van der Waals surface area (Å²) in [7, 11) is -3.85. The highest BCUT2D eigenvalue weighted by Gasteiger charge is 2.28. The van der Waals surface area contributed by atoms with Crippen molar-refractivity contribution >= 4 is 15.9 Å². The molecule has 9 nitrogen and oxygen atoms in total. The number of carbonyl (C=O) groups is 1. The lowest BCUT2D eigenvalue weighted by Crippen LogP contribution is -2.40. The van der Waals surface area contributed by atoms with Crippen LogP contribution in [-0.4, -0.2) is 59.7 Å². The molecule has 168 valence electrons. The van der Waals surface area contributed by atoms with E-state index in [1.54, 1.807) is 17.9 Å². The van der Waals surface area contributed by atoms with Crippen LogP contribution >= 0.6 is 0 Å². The predicted octanol–water partition coefficient (Wildman–Crippen LogP) is 1.92. The molecule has 1 aromatic heterocycles. The standard InChI is InChI=1S/C21H22FN5O4S/c1-15(16-2-4-17(5-3-16)27-14-23-13-24-27)25-21(28)19-12-18(6-7-20(19)22)32(29,30)26-8-10-31-11-9-26/h2-7,12-15H,8-11H2,1H3,(H,25,28). The van der Waals surface area contributed by atoms with Gasteiger partial charge in [-0.3, -0.25) is 4.79 Å². The normalized spacial score (nSPS) is 15.9. The monoisotopic (exact) mass is 459 g/mol. The number of halogens is 1. The minimum Gasteiger partial charge on any atom is -0.379 e. The summed E-state index contributed by atoms with van der Waals surface area (Å²) in [6, 6.07) is 10.1. The van der Waals surface area contributed by atoms with Gasteiger partial charge in [0, 0.05) is 13.1 Å². The molecular formula is C21H22FN5O4S. The van der Waals surface area contributed by atoms with Gasteiger partial charge in [-0.15, -0.1) is 0 Å². The lowest BCUT2D eigenvalue weighted by atomic mass is 10.1. The van der Waals surface area contributed by atoms with Crippen molar-refractivity contribution in [1.29, 1.82) is 0 Å². The maximum absolute atomic E-state index is 14.4. The first-order chi connectivity index (χ1) is 15.4. The Morgan fingerprint density at radius 1 is 1.16 bits per heavy atom. The van der Waals surface area contributed by atoms with Gasteiger partial charge in [-0.05, 0) is 42.8 Å². The summed E-state index contributed by atoms with van der Waals surface area (Å²) in [6.07, 6.45) is 3.00. The zero-order valence-electron chi connectivity index (χ0n) is 17.3. The molecule has 4 rings (SSSR count). The summed E-state index contributed by atoms with van der Waals surface area (Å²) in [5.41, 5.74) is 1.27. The van der Waals surface area contributed by atoms with E-state index in [2.05, 4.69) is 15.4 Å². The highest BCUT2D eigenvalue weighted by atomic mass is 32.2. The number of hydrogen-bond donors (Lipinski definition) is 1. The highest BCUT2D eigenvalue weighted by Crippen LogP contribution is 2.22. The minimum absolute atomic E-state index is 0.129. The second-order valence-corrected chi connectivity index (χ2v) is 9.22. The fourth-order valence-corrected chi connectivity index (χ4v) is 4.82. The predicted molar refractivity (Wildman–Crippen MR) is 113 cm³/mol. The van der Waals surface area contributed by atoms with Gasteiger partial charge in [-0.1, -0.05) is 12.1 Å². The molecule has 1 amide bonds. The van der Waals surface area contributed by atoms with E-state index in [0.29, 0.717) is 13.2 Å². The van der Waals surface area contributed by atoms with Crippen LogP contribution in [0.3, 0.4) is 0 Å². The largest absolute Gasteiger partial charge is 0.379 e. The van der Waals surface area contributed by atoms with Gasteiger partial charge in [-0.2, -0.15) is 9.40 Å². The summed E-state index contributed by atoms with van der Waals surface area (Å²) in [4.78, 5) is 16.5. The number of hydrogen-bond acceptors (Lipinski definition) is 6. The van der Waals surface area contributed by atoms with Crippen LogP contribution < -0.4 is 5.32 Å². The lowest BCUT2D eigenvalue weighted by molar-refractivity contribution is 0.0730. The molecule has 1 unspecified atom stereocenters. The first-order valence-corrected chi connectivity index (χ1v) is 11.4. The number of amides is 1. The Morgan fingerprint density at radius 2 is 1.88 bits per heavy atom. The molecule has 2 aromatic carbocycles. The molecule has 1 aliphatic rings. The molecule has 0 aliphatic carbocycles. The molecule has 11 heteroatoms. The van der Waals surface area contributed by atoms with Crippen LogP contribution in [0, 0.1) is 5.82 Å². The summed E-state index contributed by atoms with van der Waals surface area (Å²) >= 11 is 0. The Bertz CT molecular complexity index is 1190. The summed E-state index contributed by atoms with van der Waals surface area (Å²) in [5.74, 6) is -1.49. The van der Waals surface area contributed by atoms with Crippen molar-refractivity contribution in [2.24, 2.45) is 0 Å². The van der Waals surface area contributed by atoms with E-state index in [1.165, 1.54) is 16.7 Å². The smallest absolute Gasteiger partial charge is 0.254 e. The molecule has 0 saturated carbocycles. The molecule has 0 radical (unpaired) electrons. The number of aromatic nitrogens is 3. The SMILES string of the molecule is CC(NC(=O)c1cc(S(=O)(=O)N2CCOCC2)ccc1F)c1ccc(-n2cncn2)cc1. The van der Waals surface area contributed by atoms with Crippen molar-refractivity contribution in [3.8, 4) is 5.69 Å². The van der Waals surface area contributed by atoms with Gasteiger partial charge in [0.1, 0.15) is 18.5 Å². The van der Waals surface area contributed by atoms with Crippen LogP contribution in [-0.2, 0) is 14.8 Å². The van der Waals surface area contributed by atoms with E-state index in [4.69, 9.17) is 4.74 Å². The lowest BCUT2D eigenvalue weighted by Gasteiger charge is -2.26. The van der Waals surface area contributed by atoms with Gasteiger partial charge in [-0.25, -0.2) is 22.5 Å². The quantitative estimate of drug-likeness (QED) is 0.604. The van der Waals surface area contributed by atoms with Crippen LogP contribution in [0.5, 0.6) is 0 Å². The maximum Gasteiger partial charge on any atom is 0.254 e. The Labute approximate surface area is 184 Å². The van der Waals surface area contributed by atoms with Crippen molar-refractivity contribution in [2.45, 2.75) is 17.9 Å². The third kappa shape index (κ3) is 4.54. The van der Waals surface area contributed by atoms with Gasteiger partial charge in [0.15, 0.2) is 0 Å². The first-order valence-electron chi connectivity index (χ1n) is 9.99. The van der Waals surface area contributed by atoms with Crippen LogP contribution in [0.4, 0.5) is 4.39 Å². The maximum atomic E-state index is 14.4. The van der Waals surface area contributed by atoms with Crippen LogP contribution in [0.1, 0.15) is 28.9 Å². The zero-order chi connectivity index (χ0) is 22.7. The second-order valence-electron chi connectivity index (χ2n) is 7.28. The van der Waals surface area contributed by atoms with E-state index in [9.17, 15) is 17.6 Å². The van der Waals surface area contributed by atoms with Crippen molar-refractivity contribution in [2.75, 3.05) is 26.3 Å². The number of rotatable bonds is 6. The van der Waals surface area contributed by atoms with E-state index >= 15 is 0 Å². The van der Waals surface area contributed by atoms with Gasteiger partial charge >= 0.3 is 0 Å². The Kier molecular flexibility index (Phi) is 6.31. The molecule has 0 bridgehead atoms. The molecule has 1 saturated heterocycles. The number of nitrogens with zero attached hydrogens (tertiary/aromatic N) is 4. The van der Waals surface area contributed by atoms with E-state index in [-0.39, 0.29) is 23.5 Å². The molecule has 1 atom stereocenters. The molecule has 2 heterocycles. The number of morpholine rings is 1. The Morgan fingerprint density at radius 3 is 2.53 bits per heavy atom. The number of nitrogens with one attached hydrogen (secondary N) is 1. The third-order valence-corrected chi connectivity index (χ3v) is 7.11. The van der Waals surface area contributed by atoms with Crippen molar-refractivity contribution in [1.82, 2.24) is 24.4 Å². The molecule has 32 heavy (non-hydrogen) atoms. The van der Waals surface area contributed by atoms with E-state index in [0.717, 1.165) is 23.4 Å². The third-order valence-electron chi connectivity index (χ3n) is 5.21. The van der Waals surface area contributed by atoms with Gasteiger partial charge < -0.3 is 10.1 Å². The molecule has 3 aromatic rings. The average molecular weight is 460 g/mol. The van der Waals surface area contributed by atoms with Crippen molar-refractivity contribution < 1.29 is 22.3 Å². The van der Waals surface area contributed by atoms with Crippen LogP contribution in [0.25, 0.3) is 5.69 Å². The summed E-state index contributed by atoms with van der Waals surface area (Å²) < 4.78 is 48.2. The summed E-state index contributed by atoms with van der Waals surface area (Å²) in [5, 5.41) is 6.78. The minimum atomic E-state index is -3.85. The zero-order valence-corrected chi connectivity index (χ0v) is 18.1. The fourth-order valence-electron chi connectivity index (χ4n) is 3.39. The van der Waals surface area contributed by atoms with Gasteiger partial charge in [0.2, 0.25) is 10.0 Å². The van der Waals surface area contributed by atoms with Crippen LogP contribution in [0.15, 0.2) is 60.0 Å². The van der Waals surface area contributed by atoms with Crippen molar-refractivity contribution in [3.63, 3.8) is 0 Å². The summed E-state index contributed by atoms with van der Waals surface area (Å²) in [6.45, 7) is 2.77. The average Bonchev–Trinajstić information content (AvgIpc) is 3.35. The molecule has 1 fully saturated rings. The molecular weight excluding hydrogens is 437 g/mol. The van der Waals surface area contributed by atoms with Gasteiger partial charge in [0.05, 0.1) is 35.4 Å². The number of sulfonamides is 1. The van der Waals surface area contributed by atoms with Crippen LogP contribution in [0.2, 0.25) is 0 Å². The highest BCUT2D eigenvalue weighted by molar-refractivity contribution is 7.89. The van der Waals surface area contributed by atoms with E-state index in [1.807, 2.05) is 24.3 Å². The topological polar surface area (TPSA) is 106 Å². The second kappa shape index (κ2) is 9.15. The number of benzene rings is 2. The Hall–Kier alpha value is -3.15. The molecule has 0 spiro atoms. The first kappa shape index (κ1) is 22.1. The van der Waals surface area contributed by atoms with E-state index < -0.39 is 27.8 Å².